The zero-order valence-electron chi connectivity index (χ0n) is 8.11. The van der Waals surface area contributed by atoms with Gasteiger partial charge in [-0.25, -0.2) is 0 Å². The van der Waals surface area contributed by atoms with E-state index in [0.717, 1.165) is 12.4 Å². The van der Waals surface area contributed by atoms with Crippen LogP contribution in [0.1, 0.15) is 18.7 Å². The summed E-state index contributed by atoms with van der Waals surface area (Å²) in [4.78, 5) is 0. The van der Waals surface area contributed by atoms with Gasteiger partial charge in [0.25, 0.3) is 0 Å². The van der Waals surface area contributed by atoms with E-state index in [1.54, 1.807) is 25.8 Å². The molecule has 0 bridgehead atoms. The monoisotopic (exact) mass is 202 g/mol. The van der Waals surface area contributed by atoms with Crippen LogP contribution < -0.4 is 0 Å². The lowest BCUT2D eigenvalue weighted by Crippen LogP contribution is -2.05. The minimum Gasteiger partial charge on any atom is -0.425 e. The van der Waals surface area contributed by atoms with Crippen molar-refractivity contribution < 1.29 is 9.15 Å². The molecule has 1 atom stereocenters. The number of hydrogen-bond donors (Lipinski definition) is 0. The van der Waals surface area contributed by atoms with Crippen LogP contribution in [0, 0.1) is 6.92 Å². The Morgan fingerprint density at radius 2 is 2.31 bits per heavy atom. The van der Waals surface area contributed by atoms with Crippen molar-refractivity contribution in [2.24, 2.45) is 0 Å². The highest BCUT2D eigenvalue weighted by Crippen LogP contribution is 2.16. The van der Waals surface area contributed by atoms with Crippen LogP contribution in [-0.4, -0.2) is 29.2 Å². The smallest absolute Gasteiger partial charge is 0.226 e. The van der Waals surface area contributed by atoms with Crippen LogP contribution in [0.25, 0.3) is 0 Å². The van der Waals surface area contributed by atoms with Gasteiger partial charge in [-0.2, -0.15) is 0 Å². The fraction of sp³-hybridized carbons (Fsp3) is 0.750. The number of aromatic nitrogens is 2. The molecule has 4 nitrogen and oxygen atoms in total. The van der Waals surface area contributed by atoms with Crippen molar-refractivity contribution in [1.29, 1.82) is 0 Å². The number of thioether (sulfide) groups is 1. The van der Waals surface area contributed by atoms with Crippen LogP contribution in [0.4, 0.5) is 0 Å². The molecule has 74 valence electrons. The van der Waals surface area contributed by atoms with Crippen molar-refractivity contribution in [2.45, 2.75) is 24.9 Å². The molecule has 1 aromatic heterocycles. The zero-order valence-corrected chi connectivity index (χ0v) is 8.93. The fourth-order valence-electron chi connectivity index (χ4n) is 0.892. The molecule has 1 unspecified atom stereocenters. The quantitative estimate of drug-likeness (QED) is 0.726. The van der Waals surface area contributed by atoms with Gasteiger partial charge in [-0.3, -0.25) is 0 Å². The maximum Gasteiger partial charge on any atom is 0.226 e. The van der Waals surface area contributed by atoms with E-state index in [4.69, 9.17) is 9.15 Å². The summed E-state index contributed by atoms with van der Waals surface area (Å²) in [5, 5.41) is 8.10. The topological polar surface area (TPSA) is 48.2 Å². The number of hydrogen-bond acceptors (Lipinski definition) is 5. The average molecular weight is 202 g/mol. The molecule has 0 aromatic carbocycles. The predicted molar refractivity (Wildman–Crippen MR) is 51.7 cm³/mol. The minimum atomic E-state index is 0.456. The fourth-order valence-corrected chi connectivity index (χ4v) is 1.67. The van der Waals surface area contributed by atoms with E-state index in [2.05, 4.69) is 17.1 Å². The number of nitrogens with zero attached hydrogens (tertiary/aromatic N) is 2. The van der Waals surface area contributed by atoms with Gasteiger partial charge in [0.15, 0.2) is 0 Å². The highest BCUT2D eigenvalue weighted by atomic mass is 32.2. The lowest BCUT2D eigenvalue weighted by molar-refractivity contribution is 0.203. The van der Waals surface area contributed by atoms with E-state index in [0.29, 0.717) is 17.0 Å². The maximum absolute atomic E-state index is 5.23. The first-order valence-electron chi connectivity index (χ1n) is 4.12. The van der Waals surface area contributed by atoms with Crippen LogP contribution in [0.15, 0.2) is 4.42 Å². The van der Waals surface area contributed by atoms with Gasteiger partial charge in [-0.1, -0.05) is 6.92 Å². The Labute approximate surface area is 82.1 Å². The van der Waals surface area contributed by atoms with Crippen LogP contribution in [0.2, 0.25) is 0 Å². The maximum atomic E-state index is 5.23. The van der Waals surface area contributed by atoms with E-state index in [9.17, 15) is 0 Å². The van der Waals surface area contributed by atoms with Crippen molar-refractivity contribution in [3.63, 3.8) is 0 Å². The summed E-state index contributed by atoms with van der Waals surface area (Å²) >= 11 is 1.75. The number of ether oxygens (including phenoxy) is 1. The normalized spacial score (nSPS) is 13.2. The molecule has 0 aliphatic rings. The number of rotatable bonds is 5. The summed E-state index contributed by atoms with van der Waals surface area (Å²) in [7, 11) is 1.70. The lowest BCUT2D eigenvalue weighted by Gasteiger charge is -2.06. The van der Waals surface area contributed by atoms with Gasteiger partial charge < -0.3 is 9.15 Å². The van der Waals surface area contributed by atoms with Crippen molar-refractivity contribution in [3.05, 3.63) is 11.8 Å². The third kappa shape index (κ3) is 3.78. The number of methoxy groups -OCH3 is 1. The Hall–Kier alpha value is -0.550. The molecular formula is C8H14N2O2S. The second kappa shape index (κ2) is 5.24. The van der Waals surface area contributed by atoms with Gasteiger partial charge in [-0.05, 0) is 0 Å². The van der Waals surface area contributed by atoms with E-state index in [1.165, 1.54) is 0 Å². The molecule has 0 aliphatic carbocycles. The summed E-state index contributed by atoms with van der Waals surface area (Å²) in [5.41, 5.74) is 0. The van der Waals surface area contributed by atoms with E-state index < -0.39 is 0 Å². The molecule has 0 amide bonds. The van der Waals surface area contributed by atoms with Crippen molar-refractivity contribution in [3.8, 4) is 0 Å². The van der Waals surface area contributed by atoms with Crippen LogP contribution >= 0.6 is 11.8 Å². The Morgan fingerprint density at radius 3 is 2.85 bits per heavy atom. The molecule has 1 rings (SSSR count). The van der Waals surface area contributed by atoms with Gasteiger partial charge in [0.05, 0.1) is 12.4 Å². The molecule has 0 N–H and O–H groups in total. The van der Waals surface area contributed by atoms with Crippen LogP contribution in [0.3, 0.4) is 0 Å². The first kappa shape index (κ1) is 10.5. The van der Waals surface area contributed by atoms with Crippen LogP contribution in [-0.2, 0) is 10.5 Å². The Balaban J connectivity index is 2.26. The van der Waals surface area contributed by atoms with Gasteiger partial charge in [0.1, 0.15) is 0 Å². The summed E-state index contributed by atoms with van der Waals surface area (Å²) in [5.74, 6) is 2.06. The first-order chi connectivity index (χ1) is 6.22. The Bertz CT molecular complexity index is 252. The summed E-state index contributed by atoms with van der Waals surface area (Å²) < 4.78 is 10.2. The SMILES string of the molecule is COCC(C)SCc1nnc(C)o1. The third-order valence-corrected chi connectivity index (χ3v) is 2.58. The molecule has 0 fully saturated rings. The van der Waals surface area contributed by atoms with Gasteiger partial charge in [0, 0.05) is 19.3 Å². The lowest BCUT2D eigenvalue weighted by atomic mass is 10.5. The summed E-state index contributed by atoms with van der Waals surface area (Å²) in [6.07, 6.45) is 0. The molecule has 13 heavy (non-hydrogen) atoms. The van der Waals surface area contributed by atoms with Crippen LogP contribution in [0.5, 0.6) is 0 Å². The van der Waals surface area contributed by atoms with E-state index in [1.807, 2.05) is 0 Å². The van der Waals surface area contributed by atoms with Crippen molar-refractivity contribution in [1.82, 2.24) is 10.2 Å². The highest BCUT2D eigenvalue weighted by molar-refractivity contribution is 7.99. The predicted octanol–water partition coefficient (Wildman–Crippen LogP) is 1.65. The van der Waals surface area contributed by atoms with E-state index >= 15 is 0 Å². The molecule has 1 heterocycles. The standard InChI is InChI=1S/C8H14N2O2S/c1-6(4-11-3)13-5-8-10-9-7(2)12-8/h6H,4-5H2,1-3H3. The zero-order chi connectivity index (χ0) is 9.68. The van der Waals surface area contributed by atoms with Gasteiger partial charge in [-0.15, -0.1) is 22.0 Å². The minimum absolute atomic E-state index is 0.456. The second-order valence-corrected chi connectivity index (χ2v) is 4.22. The van der Waals surface area contributed by atoms with Crippen molar-refractivity contribution >= 4 is 11.8 Å². The molecule has 5 heteroatoms. The van der Waals surface area contributed by atoms with Gasteiger partial charge in [0.2, 0.25) is 11.8 Å². The molecule has 0 radical (unpaired) electrons. The first-order valence-corrected chi connectivity index (χ1v) is 5.16. The second-order valence-electron chi connectivity index (χ2n) is 2.79. The largest absolute Gasteiger partial charge is 0.425 e. The molecule has 0 aliphatic heterocycles. The molecule has 0 saturated heterocycles. The number of aryl methyl sites for hydroxylation is 1. The Kier molecular flexibility index (Phi) is 4.24. The summed E-state index contributed by atoms with van der Waals surface area (Å²) in [6.45, 7) is 4.65. The molecule has 0 saturated carbocycles. The van der Waals surface area contributed by atoms with Gasteiger partial charge >= 0.3 is 0 Å². The molecule has 0 spiro atoms. The van der Waals surface area contributed by atoms with E-state index in [-0.39, 0.29) is 0 Å². The third-order valence-electron chi connectivity index (χ3n) is 1.46. The van der Waals surface area contributed by atoms with Crippen molar-refractivity contribution in [2.75, 3.05) is 13.7 Å². The molecular weight excluding hydrogens is 188 g/mol. The average Bonchev–Trinajstić information content (AvgIpc) is 2.49. The summed E-state index contributed by atoms with van der Waals surface area (Å²) in [6, 6.07) is 0. The Morgan fingerprint density at radius 1 is 1.54 bits per heavy atom. The highest BCUT2D eigenvalue weighted by Gasteiger charge is 2.06. The molecule has 1 aromatic rings.